The molecule has 0 spiro atoms. The van der Waals surface area contributed by atoms with Gasteiger partial charge in [0.25, 0.3) is 0 Å². The maximum absolute atomic E-state index is 12.0. The van der Waals surface area contributed by atoms with Crippen molar-refractivity contribution in [3.63, 3.8) is 0 Å². The van der Waals surface area contributed by atoms with Crippen molar-refractivity contribution in [3.8, 4) is 0 Å². The second-order valence-corrected chi connectivity index (χ2v) is 7.84. The zero-order valence-electron chi connectivity index (χ0n) is 16.4. The van der Waals surface area contributed by atoms with E-state index < -0.39 is 0 Å². The minimum absolute atomic E-state index is 0.0593. The molecule has 0 unspecified atom stereocenters. The van der Waals surface area contributed by atoms with Gasteiger partial charge in [0.15, 0.2) is 0 Å². The highest BCUT2D eigenvalue weighted by molar-refractivity contribution is 5.69. The lowest BCUT2D eigenvalue weighted by molar-refractivity contribution is -0.144. The molecule has 3 fully saturated rings. The molecule has 0 bridgehead atoms. The van der Waals surface area contributed by atoms with Crippen LogP contribution in [0.1, 0.15) is 19.3 Å². The number of esters is 1. The highest BCUT2D eigenvalue weighted by Crippen LogP contribution is 2.17. The molecule has 26 heavy (non-hydrogen) atoms. The Balaban J connectivity index is 1.23. The average molecular weight is 369 g/mol. The standard InChI is InChI=1S/C19H36N4O3/c1-20-5-2-18(3-6-20)23-10-8-21(9-11-23)7-4-19(24)26-17-14-22-12-15-25-16-13-22/h18H,2-17H2,1H3. The topological polar surface area (TPSA) is 48.5 Å². The van der Waals surface area contributed by atoms with Crippen LogP contribution in [0.15, 0.2) is 0 Å². The van der Waals surface area contributed by atoms with Gasteiger partial charge in [-0.05, 0) is 33.0 Å². The Labute approximate surface area is 158 Å². The number of carbonyl (C=O) groups excluding carboxylic acids is 1. The van der Waals surface area contributed by atoms with E-state index in [0.717, 1.165) is 71.6 Å². The van der Waals surface area contributed by atoms with Crippen LogP contribution in [-0.4, -0.2) is 124 Å². The van der Waals surface area contributed by atoms with Crippen molar-refractivity contribution in [1.29, 1.82) is 0 Å². The molecule has 0 aromatic heterocycles. The van der Waals surface area contributed by atoms with E-state index in [-0.39, 0.29) is 5.97 Å². The van der Waals surface area contributed by atoms with E-state index in [1.807, 2.05) is 0 Å². The maximum Gasteiger partial charge on any atom is 0.307 e. The van der Waals surface area contributed by atoms with Gasteiger partial charge in [0.2, 0.25) is 0 Å². The molecule has 3 heterocycles. The Hall–Kier alpha value is -0.730. The van der Waals surface area contributed by atoms with Crippen LogP contribution in [0.5, 0.6) is 0 Å². The van der Waals surface area contributed by atoms with E-state index in [2.05, 4.69) is 26.6 Å². The van der Waals surface area contributed by atoms with Crippen LogP contribution in [0.2, 0.25) is 0 Å². The van der Waals surface area contributed by atoms with Gasteiger partial charge in [0, 0.05) is 58.4 Å². The van der Waals surface area contributed by atoms with Crippen LogP contribution in [0.3, 0.4) is 0 Å². The SMILES string of the molecule is CN1CCC(N2CCN(CCC(=O)OCCN3CCOCC3)CC2)CC1. The van der Waals surface area contributed by atoms with E-state index in [0.29, 0.717) is 13.0 Å². The van der Waals surface area contributed by atoms with Crippen molar-refractivity contribution < 1.29 is 14.3 Å². The third-order valence-corrected chi connectivity index (χ3v) is 6.02. The van der Waals surface area contributed by atoms with Crippen LogP contribution >= 0.6 is 0 Å². The zero-order valence-corrected chi connectivity index (χ0v) is 16.4. The van der Waals surface area contributed by atoms with Crippen LogP contribution in [-0.2, 0) is 14.3 Å². The van der Waals surface area contributed by atoms with E-state index >= 15 is 0 Å². The lowest BCUT2D eigenvalue weighted by Crippen LogP contribution is -2.53. The third-order valence-electron chi connectivity index (χ3n) is 6.02. The fraction of sp³-hybridized carbons (Fsp3) is 0.947. The molecule has 0 aromatic carbocycles. The predicted molar refractivity (Wildman–Crippen MR) is 101 cm³/mol. The van der Waals surface area contributed by atoms with Gasteiger partial charge in [0.05, 0.1) is 19.6 Å². The molecule has 0 atom stereocenters. The minimum Gasteiger partial charge on any atom is -0.464 e. The lowest BCUT2D eigenvalue weighted by atomic mass is 10.0. The Morgan fingerprint density at radius 2 is 1.58 bits per heavy atom. The molecule has 7 heteroatoms. The van der Waals surface area contributed by atoms with Crippen molar-refractivity contribution in [2.45, 2.75) is 25.3 Å². The Morgan fingerprint density at radius 3 is 2.27 bits per heavy atom. The largest absolute Gasteiger partial charge is 0.464 e. The molecule has 3 rings (SSSR count). The van der Waals surface area contributed by atoms with Crippen molar-refractivity contribution in [2.24, 2.45) is 0 Å². The molecule has 150 valence electrons. The van der Waals surface area contributed by atoms with Crippen molar-refractivity contribution in [2.75, 3.05) is 92.3 Å². The van der Waals surface area contributed by atoms with Gasteiger partial charge in [-0.3, -0.25) is 14.6 Å². The molecule has 3 saturated heterocycles. The number of ether oxygens (including phenoxy) is 2. The van der Waals surface area contributed by atoms with E-state index in [9.17, 15) is 4.79 Å². The van der Waals surface area contributed by atoms with E-state index in [1.165, 1.54) is 25.9 Å². The third kappa shape index (κ3) is 6.46. The summed E-state index contributed by atoms with van der Waals surface area (Å²) in [6, 6.07) is 0.763. The van der Waals surface area contributed by atoms with E-state index in [4.69, 9.17) is 9.47 Å². The molecule has 0 aliphatic carbocycles. The van der Waals surface area contributed by atoms with Gasteiger partial charge in [-0.2, -0.15) is 0 Å². The fourth-order valence-electron chi connectivity index (χ4n) is 4.15. The van der Waals surface area contributed by atoms with Gasteiger partial charge < -0.3 is 19.3 Å². The summed E-state index contributed by atoms with van der Waals surface area (Å²) in [4.78, 5) is 21.7. The van der Waals surface area contributed by atoms with E-state index in [1.54, 1.807) is 0 Å². The average Bonchev–Trinajstić information content (AvgIpc) is 2.68. The Kier molecular flexibility index (Phi) is 8.13. The summed E-state index contributed by atoms with van der Waals surface area (Å²) in [5.74, 6) is -0.0593. The first-order valence-corrected chi connectivity index (χ1v) is 10.3. The van der Waals surface area contributed by atoms with Crippen molar-refractivity contribution in [1.82, 2.24) is 19.6 Å². The highest BCUT2D eigenvalue weighted by Gasteiger charge is 2.26. The monoisotopic (exact) mass is 368 g/mol. The number of piperidine rings is 1. The number of piperazine rings is 1. The van der Waals surface area contributed by atoms with Crippen molar-refractivity contribution >= 4 is 5.97 Å². The fourth-order valence-corrected chi connectivity index (χ4v) is 4.15. The first kappa shape index (κ1) is 20.0. The Bertz CT molecular complexity index is 415. The summed E-state index contributed by atoms with van der Waals surface area (Å²) in [5, 5.41) is 0. The summed E-state index contributed by atoms with van der Waals surface area (Å²) >= 11 is 0. The number of carbonyl (C=O) groups is 1. The molecule has 3 aliphatic rings. The Morgan fingerprint density at radius 1 is 0.923 bits per heavy atom. The molecule has 0 amide bonds. The second-order valence-electron chi connectivity index (χ2n) is 7.84. The number of morpholine rings is 1. The van der Waals surface area contributed by atoms with Gasteiger partial charge in [-0.15, -0.1) is 0 Å². The normalized spacial score (nSPS) is 25.4. The highest BCUT2D eigenvalue weighted by atomic mass is 16.5. The quantitative estimate of drug-likeness (QED) is 0.585. The summed E-state index contributed by atoms with van der Waals surface area (Å²) in [6.07, 6.45) is 3.11. The first-order chi connectivity index (χ1) is 12.7. The number of hydrogen-bond donors (Lipinski definition) is 0. The maximum atomic E-state index is 12.0. The minimum atomic E-state index is -0.0593. The summed E-state index contributed by atoms with van der Waals surface area (Å²) < 4.78 is 10.7. The van der Waals surface area contributed by atoms with Gasteiger partial charge in [0.1, 0.15) is 6.61 Å². The van der Waals surface area contributed by atoms with Gasteiger partial charge >= 0.3 is 5.97 Å². The molecule has 0 aromatic rings. The number of rotatable bonds is 7. The molecule has 0 N–H and O–H groups in total. The van der Waals surface area contributed by atoms with Crippen LogP contribution in [0.25, 0.3) is 0 Å². The van der Waals surface area contributed by atoms with Crippen LogP contribution in [0, 0.1) is 0 Å². The van der Waals surface area contributed by atoms with Crippen LogP contribution in [0.4, 0.5) is 0 Å². The molecule has 0 saturated carbocycles. The number of hydrogen-bond acceptors (Lipinski definition) is 7. The zero-order chi connectivity index (χ0) is 18.2. The number of likely N-dealkylation sites (tertiary alicyclic amines) is 1. The summed E-state index contributed by atoms with van der Waals surface area (Å²) in [7, 11) is 2.22. The van der Waals surface area contributed by atoms with Gasteiger partial charge in [-0.1, -0.05) is 0 Å². The molecule has 3 aliphatic heterocycles. The summed E-state index contributed by atoms with van der Waals surface area (Å²) in [6.45, 7) is 12.5. The first-order valence-electron chi connectivity index (χ1n) is 10.3. The van der Waals surface area contributed by atoms with Gasteiger partial charge in [-0.25, -0.2) is 0 Å². The lowest BCUT2D eigenvalue weighted by Gasteiger charge is -2.42. The van der Waals surface area contributed by atoms with Crippen molar-refractivity contribution in [3.05, 3.63) is 0 Å². The molecular weight excluding hydrogens is 332 g/mol. The molecule has 0 radical (unpaired) electrons. The smallest absolute Gasteiger partial charge is 0.307 e. The molecular formula is C19H36N4O3. The predicted octanol–water partition coefficient (Wildman–Crippen LogP) is -0.0363. The summed E-state index contributed by atoms with van der Waals surface area (Å²) in [5.41, 5.74) is 0. The second kappa shape index (κ2) is 10.6. The molecule has 7 nitrogen and oxygen atoms in total. The number of nitrogens with zero attached hydrogens (tertiary/aromatic N) is 4. The van der Waals surface area contributed by atoms with Crippen LogP contribution < -0.4 is 0 Å².